The van der Waals surface area contributed by atoms with Gasteiger partial charge in [0.1, 0.15) is 16.9 Å². The van der Waals surface area contributed by atoms with Crippen molar-refractivity contribution in [3.63, 3.8) is 0 Å². The van der Waals surface area contributed by atoms with Gasteiger partial charge in [-0.15, -0.1) is 0 Å². The average molecular weight is 523 g/mol. The fraction of sp³-hybridized carbons (Fsp3) is 0.154. The molecular formula is C13H5Cl3F3IN4O. The number of nitrogens with one attached hydrogen (secondary N) is 1. The SMILES string of the molecule is O=c1[nH]c(CI)nc2c1c(C(F)(F)F)nn2-c1c(Cl)cc(Cl)cc1Cl. The Bertz CT molecular complexity index is 1020. The summed E-state index contributed by atoms with van der Waals surface area (Å²) in [5, 5.41) is 2.95. The second kappa shape index (κ2) is 6.60. The first-order valence-electron chi connectivity index (χ1n) is 6.43. The average Bonchev–Trinajstić information content (AvgIpc) is 2.86. The summed E-state index contributed by atoms with van der Waals surface area (Å²) >= 11 is 19.9. The van der Waals surface area contributed by atoms with Crippen molar-refractivity contribution < 1.29 is 13.2 Å². The van der Waals surface area contributed by atoms with Crippen LogP contribution in [0.2, 0.25) is 15.1 Å². The molecule has 132 valence electrons. The fourth-order valence-corrected chi connectivity index (χ4v) is 3.56. The van der Waals surface area contributed by atoms with Crippen molar-refractivity contribution in [2.75, 3.05) is 0 Å². The summed E-state index contributed by atoms with van der Waals surface area (Å²) in [5.41, 5.74) is -2.67. The Hall–Kier alpha value is -1.04. The molecule has 1 N–H and O–H groups in total. The minimum absolute atomic E-state index is 0.0336. The lowest BCUT2D eigenvalue weighted by atomic mass is 10.3. The molecule has 0 aliphatic carbocycles. The van der Waals surface area contributed by atoms with Crippen LogP contribution in [-0.4, -0.2) is 19.7 Å². The molecule has 0 fully saturated rings. The number of rotatable bonds is 2. The van der Waals surface area contributed by atoms with E-state index in [9.17, 15) is 18.0 Å². The van der Waals surface area contributed by atoms with Gasteiger partial charge in [0, 0.05) is 5.02 Å². The summed E-state index contributed by atoms with van der Waals surface area (Å²) in [5.74, 6) is 0.189. The number of hydrogen-bond acceptors (Lipinski definition) is 3. The summed E-state index contributed by atoms with van der Waals surface area (Å²) in [6.45, 7) is 0. The molecule has 0 aliphatic heterocycles. The zero-order valence-corrected chi connectivity index (χ0v) is 16.2. The highest BCUT2D eigenvalue weighted by atomic mass is 127. The molecule has 0 spiro atoms. The molecule has 3 aromatic rings. The van der Waals surface area contributed by atoms with Gasteiger partial charge in [-0.25, -0.2) is 9.67 Å². The van der Waals surface area contributed by atoms with Gasteiger partial charge in [0.2, 0.25) is 0 Å². The van der Waals surface area contributed by atoms with Gasteiger partial charge in [0.15, 0.2) is 11.3 Å². The first-order chi connectivity index (χ1) is 11.6. The van der Waals surface area contributed by atoms with Gasteiger partial charge in [-0.2, -0.15) is 18.3 Å². The molecule has 0 radical (unpaired) electrons. The zero-order valence-electron chi connectivity index (χ0n) is 11.8. The van der Waals surface area contributed by atoms with Crippen LogP contribution < -0.4 is 5.56 Å². The highest BCUT2D eigenvalue weighted by Gasteiger charge is 2.39. The lowest BCUT2D eigenvalue weighted by Gasteiger charge is -2.09. The number of nitrogens with zero attached hydrogens (tertiary/aromatic N) is 3. The Labute approximate surface area is 166 Å². The normalized spacial score (nSPS) is 12.1. The number of fused-ring (bicyclic) bond motifs is 1. The van der Waals surface area contributed by atoms with Gasteiger partial charge in [0.25, 0.3) is 5.56 Å². The molecule has 0 saturated carbocycles. The van der Waals surface area contributed by atoms with Crippen LogP contribution in [0.3, 0.4) is 0 Å². The topological polar surface area (TPSA) is 63.6 Å². The van der Waals surface area contributed by atoms with Gasteiger partial charge >= 0.3 is 6.18 Å². The third kappa shape index (κ3) is 3.34. The van der Waals surface area contributed by atoms with Crippen molar-refractivity contribution in [2.45, 2.75) is 10.6 Å². The van der Waals surface area contributed by atoms with Crippen LogP contribution in [0.15, 0.2) is 16.9 Å². The molecule has 2 heterocycles. The van der Waals surface area contributed by atoms with E-state index >= 15 is 0 Å². The second-order valence-electron chi connectivity index (χ2n) is 4.82. The smallest absolute Gasteiger partial charge is 0.309 e. The molecule has 1 aromatic carbocycles. The van der Waals surface area contributed by atoms with Crippen LogP contribution in [0.25, 0.3) is 16.7 Å². The minimum Gasteiger partial charge on any atom is -0.309 e. The standard InChI is InChI=1S/C13H5Cl3F3IN4O/c14-4-1-5(15)9(6(16)2-4)24-11-8(10(23-24)13(17,18)19)12(25)22-7(3-20)21-11/h1-2H,3H2,(H,21,22,25). The third-order valence-corrected chi connectivity index (χ3v) is 4.69. The summed E-state index contributed by atoms with van der Waals surface area (Å²) in [6, 6.07) is 2.61. The molecule has 0 atom stereocenters. The van der Waals surface area contributed by atoms with E-state index in [1.807, 2.05) is 22.6 Å². The van der Waals surface area contributed by atoms with Crippen LogP contribution in [-0.2, 0) is 10.6 Å². The molecule has 5 nitrogen and oxygen atoms in total. The quantitative estimate of drug-likeness (QED) is 0.379. The maximum absolute atomic E-state index is 13.3. The van der Waals surface area contributed by atoms with Crippen molar-refractivity contribution in [1.82, 2.24) is 19.7 Å². The Kier molecular flexibility index (Phi) is 4.95. The van der Waals surface area contributed by atoms with E-state index in [4.69, 9.17) is 34.8 Å². The number of halogens is 7. The Morgan fingerprint density at radius 3 is 2.32 bits per heavy atom. The molecule has 0 aliphatic rings. The number of aromatic amines is 1. The van der Waals surface area contributed by atoms with E-state index in [0.29, 0.717) is 0 Å². The number of aromatic nitrogens is 4. The minimum atomic E-state index is -4.87. The van der Waals surface area contributed by atoms with E-state index in [2.05, 4.69) is 15.1 Å². The lowest BCUT2D eigenvalue weighted by Crippen LogP contribution is -2.15. The molecule has 2 aromatic heterocycles. The van der Waals surface area contributed by atoms with Crippen LogP contribution in [0, 0.1) is 0 Å². The molecule has 12 heteroatoms. The van der Waals surface area contributed by atoms with E-state index in [1.165, 1.54) is 12.1 Å². The van der Waals surface area contributed by atoms with Crippen molar-refractivity contribution in [1.29, 1.82) is 0 Å². The molecular weight excluding hydrogens is 518 g/mol. The zero-order chi connectivity index (χ0) is 18.5. The van der Waals surface area contributed by atoms with E-state index in [-0.39, 0.29) is 36.7 Å². The number of benzene rings is 1. The van der Waals surface area contributed by atoms with E-state index < -0.39 is 22.8 Å². The largest absolute Gasteiger partial charge is 0.436 e. The number of alkyl halides is 4. The fourth-order valence-electron chi connectivity index (χ4n) is 2.23. The van der Waals surface area contributed by atoms with Gasteiger partial charge in [-0.1, -0.05) is 57.4 Å². The van der Waals surface area contributed by atoms with Crippen LogP contribution in [0.4, 0.5) is 13.2 Å². The van der Waals surface area contributed by atoms with E-state index in [1.54, 1.807) is 0 Å². The van der Waals surface area contributed by atoms with Crippen molar-refractivity contribution in [2.24, 2.45) is 0 Å². The van der Waals surface area contributed by atoms with Gasteiger partial charge < -0.3 is 4.98 Å². The van der Waals surface area contributed by atoms with Crippen LogP contribution in [0.5, 0.6) is 0 Å². The van der Waals surface area contributed by atoms with Crippen LogP contribution >= 0.6 is 57.4 Å². The number of hydrogen-bond donors (Lipinski definition) is 1. The summed E-state index contributed by atoms with van der Waals surface area (Å²) in [7, 11) is 0. The van der Waals surface area contributed by atoms with E-state index in [0.717, 1.165) is 4.68 Å². The molecule has 0 bridgehead atoms. The summed E-state index contributed by atoms with van der Waals surface area (Å²) in [6.07, 6.45) is -4.87. The molecule has 0 saturated heterocycles. The monoisotopic (exact) mass is 522 g/mol. The van der Waals surface area contributed by atoms with Gasteiger partial charge in [-0.3, -0.25) is 4.79 Å². The number of H-pyrrole nitrogens is 1. The molecule has 0 unspecified atom stereocenters. The highest BCUT2D eigenvalue weighted by Crippen LogP contribution is 2.37. The van der Waals surface area contributed by atoms with Gasteiger partial charge in [-0.05, 0) is 12.1 Å². The predicted octanol–water partition coefficient (Wildman–Crippen LogP) is 5.02. The first-order valence-corrected chi connectivity index (χ1v) is 9.09. The second-order valence-corrected chi connectivity index (χ2v) is 6.83. The molecule has 25 heavy (non-hydrogen) atoms. The predicted molar refractivity (Wildman–Crippen MR) is 97.2 cm³/mol. The van der Waals surface area contributed by atoms with Crippen LogP contribution in [0.1, 0.15) is 11.5 Å². The van der Waals surface area contributed by atoms with Crippen molar-refractivity contribution in [3.8, 4) is 5.69 Å². The third-order valence-electron chi connectivity index (χ3n) is 3.18. The molecule has 0 amide bonds. The highest BCUT2D eigenvalue weighted by molar-refractivity contribution is 14.1. The lowest BCUT2D eigenvalue weighted by molar-refractivity contribution is -0.140. The van der Waals surface area contributed by atoms with Crippen molar-refractivity contribution in [3.05, 3.63) is 49.1 Å². The maximum Gasteiger partial charge on any atom is 0.436 e. The Morgan fingerprint density at radius 2 is 1.80 bits per heavy atom. The Morgan fingerprint density at radius 1 is 1.20 bits per heavy atom. The maximum atomic E-state index is 13.3. The summed E-state index contributed by atoms with van der Waals surface area (Å²) < 4.78 is 41.1. The molecule has 3 rings (SSSR count). The first kappa shape index (κ1) is 18.7. The Balaban J connectivity index is 2.48. The van der Waals surface area contributed by atoms with Gasteiger partial charge in [0.05, 0.1) is 14.5 Å². The summed E-state index contributed by atoms with van der Waals surface area (Å²) in [4.78, 5) is 18.5. The van der Waals surface area contributed by atoms with Crippen molar-refractivity contribution >= 4 is 68.4 Å².